The van der Waals surface area contributed by atoms with E-state index in [0.717, 1.165) is 19.5 Å². The summed E-state index contributed by atoms with van der Waals surface area (Å²) in [5.41, 5.74) is 0. The maximum atomic E-state index is 11.6. The molecule has 0 radical (unpaired) electrons. The summed E-state index contributed by atoms with van der Waals surface area (Å²) in [5, 5.41) is 0. The molecule has 0 aromatic heterocycles. The van der Waals surface area contributed by atoms with Gasteiger partial charge in [-0.25, -0.2) is 0 Å². The second-order valence-electron chi connectivity index (χ2n) is 4.43. The molecule has 0 aliphatic carbocycles. The zero-order valence-corrected chi connectivity index (χ0v) is 9.49. The van der Waals surface area contributed by atoms with Gasteiger partial charge in [0.05, 0.1) is 0 Å². The van der Waals surface area contributed by atoms with Gasteiger partial charge in [0.2, 0.25) is 5.91 Å². The molecule has 0 aromatic carbocycles. The molecule has 1 aliphatic rings. The van der Waals surface area contributed by atoms with Crippen molar-refractivity contribution in [2.24, 2.45) is 11.8 Å². The summed E-state index contributed by atoms with van der Waals surface area (Å²) in [6, 6.07) is 0. The highest BCUT2D eigenvalue weighted by atomic mass is 16.2. The Labute approximate surface area is 87.0 Å². The fourth-order valence-corrected chi connectivity index (χ4v) is 2.00. The third-order valence-corrected chi connectivity index (χ3v) is 3.02. The minimum atomic E-state index is 0.179. The zero-order valence-electron chi connectivity index (χ0n) is 9.49. The highest BCUT2D eigenvalue weighted by Crippen LogP contribution is 2.23. The van der Waals surface area contributed by atoms with E-state index in [2.05, 4.69) is 13.8 Å². The van der Waals surface area contributed by atoms with Crippen LogP contribution in [0.15, 0.2) is 12.2 Å². The molecule has 14 heavy (non-hydrogen) atoms. The summed E-state index contributed by atoms with van der Waals surface area (Å²) in [7, 11) is 0. The number of carbonyl (C=O) groups excluding carboxylic acids is 1. The number of piperidine rings is 1. The molecule has 1 heterocycles. The molecule has 1 saturated heterocycles. The van der Waals surface area contributed by atoms with E-state index in [1.807, 2.05) is 17.9 Å². The van der Waals surface area contributed by atoms with Gasteiger partial charge in [0, 0.05) is 13.1 Å². The average Bonchev–Trinajstić information content (AvgIpc) is 2.18. The first kappa shape index (κ1) is 11.3. The number of hydrogen-bond acceptors (Lipinski definition) is 1. The Morgan fingerprint density at radius 2 is 2.21 bits per heavy atom. The maximum absolute atomic E-state index is 11.6. The van der Waals surface area contributed by atoms with E-state index in [0.29, 0.717) is 11.8 Å². The van der Waals surface area contributed by atoms with Gasteiger partial charge in [-0.2, -0.15) is 0 Å². The Kier molecular flexibility index (Phi) is 4.18. The second-order valence-corrected chi connectivity index (χ2v) is 4.43. The normalized spacial score (nSPS) is 23.4. The number of amides is 1. The predicted octanol–water partition coefficient (Wildman–Crippen LogP) is 2.46. The Balaban J connectivity index is 2.51. The number of rotatable bonds is 2. The summed E-state index contributed by atoms with van der Waals surface area (Å²) in [5.74, 6) is 1.56. The molecule has 2 heteroatoms. The van der Waals surface area contributed by atoms with Crippen molar-refractivity contribution >= 4 is 5.91 Å². The van der Waals surface area contributed by atoms with Gasteiger partial charge in [-0.3, -0.25) is 4.79 Å². The van der Waals surface area contributed by atoms with Gasteiger partial charge in [-0.15, -0.1) is 0 Å². The first-order valence-electron chi connectivity index (χ1n) is 5.56. The van der Waals surface area contributed by atoms with Crippen LogP contribution in [0.5, 0.6) is 0 Å². The van der Waals surface area contributed by atoms with Gasteiger partial charge in [-0.1, -0.05) is 19.9 Å². The van der Waals surface area contributed by atoms with Crippen molar-refractivity contribution < 1.29 is 4.79 Å². The smallest absolute Gasteiger partial charge is 0.246 e. The molecule has 80 valence electrons. The van der Waals surface area contributed by atoms with E-state index in [4.69, 9.17) is 0 Å². The van der Waals surface area contributed by atoms with Crippen molar-refractivity contribution in [1.29, 1.82) is 0 Å². The molecule has 0 bridgehead atoms. The molecule has 1 atom stereocenters. The molecular formula is C12H21NO. The van der Waals surface area contributed by atoms with Gasteiger partial charge in [0.25, 0.3) is 0 Å². The molecule has 0 N–H and O–H groups in total. The lowest BCUT2D eigenvalue weighted by Crippen LogP contribution is -2.40. The molecule has 0 spiro atoms. The lowest BCUT2D eigenvalue weighted by atomic mass is 9.88. The number of nitrogens with zero attached hydrogens (tertiary/aromatic N) is 1. The van der Waals surface area contributed by atoms with Gasteiger partial charge in [0.1, 0.15) is 0 Å². The monoisotopic (exact) mass is 195 g/mol. The Hall–Kier alpha value is -0.790. The van der Waals surface area contributed by atoms with Crippen molar-refractivity contribution in [2.45, 2.75) is 33.6 Å². The predicted molar refractivity (Wildman–Crippen MR) is 59.0 cm³/mol. The first-order chi connectivity index (χ1) is 6.65. The van der Waals surface area contributed by atoms with E-state index in [1.165, 1.54) is 6.42 Å². The highest BCUT2D eigenvalue weighted by molar-refractivity contribution is 5.87. The van der Waals surface area contributed by atoms with Crippen LogP contribution < -0.4 is 0 Å². The van der Waals surface area contributed by atoms with Crippen molar-refractivity contribution in [1.82, 2.24) is 4.90 Å². The number of hydrogen-bond donors (Lipinski definition) is 0. The summed E-state index contributed by atoms with van der Waals surface area (Å²) in [6.45, 7) is 8.26. The number of allylic oxidation sites excluding steroid dienone is 1. The van der Waals surface area contributed by atoms with Crippen LogP contribution in [0.25, 0.3) is 0 Å². The topological polar surface area (TPSA) is 20.3 Å². The van der Waals surface area contributed by atoms with Crippen LogP contribution in [0.2, 0.25) is 0 Å². The third kappa shape index (κ3) is 2.86. The van der Waals surface area contributed by atoms with Gasteiger partial charge >= 0.3 is 0 Å². The molecule has 1 unspecified atom stereocenters. The van der Waals surface area contributed by atoms with E-state index < -0.39 is 0 Å². The summed E-state index contributed by atoms with van der Waals surface area (Å²) in [6.07, 6.45) is 5.92. The number of carbonyl (C=O) groups is 1. The van der Waals surface area contributed by atoms with Crippen molar-refractivity contribution in [3.05, 3.63) is 12.2 Å². The molecule has 1 aliphatic heterocycles. The van der Waals surface area contributed by atoms with Gasteiger partial charge < -0.3 is 4.90 Å². The first-order valence-corrected chi connectivity index (χ1v) is 5.56. The van der Waals surface area contributed by atoms with E-state index in [9.17, 15) is 4.79 Å². The lowest BCUT2D eigenvalue weighted by molar-refractivity contribution is -0.128. The Morgan fingerprint density at radius 3 is 2.79 bits per heavy atom. The Bertz CT molecular complexity index is 220. The quantitative estimate of drug-likeness (QED) is 0.620. The molecule has 0 saturated carbocycles. The van der Waals surface area contributed by atoms with Crippen LogP contribution in [0, 0.1) is 11.8 Å². The Morgan fingerprint density at radius 1 is 1.50 bits per heavy atom. The van der Waals surface area contributed by atoms with E-state index in [1.54, 1.807) is 6.08 Å². The van der Waals surface area contributed by atoms with Crippen molar-refractivity contribution in [3.8, 4) is 0 Å². The molecule has 1 amide bonds. The van der Waals surface area contributed by atoms with Crippen LogP contribution in [0.3, 0.4) is 0 Å². The summed E-state index contributed by atoms with van der Waals surface area (Å²) in [4.78, 5) is 13.6. The van der Waals surface area contributed by atoms with Gasteiger partial charge in [0.15, 0.2) is 0 Å². The van der Waals surface area contributed by atoms with Crippen LogP contribution in [0.1, 0.15) is 33.6 Å². The van der Waals surface area contributed by atoms with Crippen LogP contribution in [-0.4, -0.2) is 23.9 Å². The standard InChI is InChI=1S/C12H21NO/c1-4-6-12(14)13-8-5-7-11(9-13)10(2)3/h4,6,10-11H,5,7-9H2,1-3H3/b6-4+. The van der Waals surface area contributed by atoms with Crippen molar-refractivity contribution in [2.75, 3.05) is 13.1 Å². The van der Waals surface area contributed by atoms with Crippen LogP contribution in [-0.2, 0) is 4.79 Å². The third-order valence-electron chi connectivity index (χ3n) is 3.02. The number of likely N-dealkylation sites (tertiary alicyclic amines) is 1. The highest BCUT2D eigenvalue weighted by Gasteiger charge is 2.23. The van der Waals surface area contributed by atoms with E-state index >= 15 is 0 Å². The fraction of sp³-hybridized carbons (Fsp3) is 0.750. The zero-order chi connectivity index (χ0) is 10.6. The van der Waals surface area contributed by atoms with Crippen LogP contribution in [0.4, 0.5) is 0 Å². The molecule has 0 aromatic rings. The minimum Gasteiger partial charge on any atom is -0.339 e. The summed E-state index contributed by atoms with van der Waals surface area (Å²) >= 11 is 0. The minimum absolute atomic E-state index is 0.179. The molecule has 2 nitrogen and oxygen atoms in total. The van der Waals surface area contributed by atoms with E-state index in [-0.39, 0.29) is 5.91 Å². The summed E-state index contributed by atoms with van der Waals surface area (Å²) < 4.78 is 0. The largest absolute Gasteiger partial charge is 0.339 e. The lowest BCUT2D eigenvalue weighted by Gasteiger charge is -2.34. The van der Waals surface area contributed by atoms with Gasteiger partial charge in [-0.05, 0) is 37.7 Å². The fourth-order valence-electron chi connectivity index (χ4n) is 2.00. The molecular weight excluding hydrogens is 174 g/mol. The van der Waals surface area contributed by atoms with Crippen molar-refractivity contribution in [3.63, 3.8) is 0 Å². The average molecular weight is 195 g/mol. The maximum Gasteiger partial charge on any atom is 0.246 e. The SMILES string of the molecule is C/C=C/C(=O)N1CCCC(C(C)C)C1. The molecule has 1 rings (SSSR count). The van der Waals surface area contributed by atoms with Crippen LogP contribution >= 0.6 is 0 Å². The molecule has 1 fully saturated rings. The second kappa shape index (κ2) is 5.18.